The number of amides is 3. The highest BCUT2D eigenvalue weighted by atomic mass is 16.4. The summed E-state index contributed by atoms with van der Waals surface area (Å²) in [6.07, 6.45) is 3.87. The molecule has 0 bridgehead atoms. The first kappa shape index (κ1) is 18.2. The highest BCUT2D eigenvalue weighted by Crippen LogP contribution is 2.33. The Kier molecular flexibility index (Phi) is 5.41. The molecule has 3 rings (SSSR count). The molecule has 0 saturated heterocycles. The topological polar surface area (TPSA) is 125 Å². The first-order valence-electron chi connectivity index (χ1n) is 8.84. The lowest BCUT2D eigenvalue weighted by atomic mass is 9.85. The SMILES string of the molecule is NC(=O)Nc1cccc(C(=O)NC2CC(N(CC(=O)O)CC3CC3)C2)c1. The van der Waals surface area contributed by atoms with E-state index in [4.69, 9.17) is 10.8 Å². The number of hydrogen-bond acceptors (Lipinski definition) is 4. The molecule has 3 amide bonds. The van der Waals surface area contributed by atoms with Crippen molar-refractivity contribution in [2.45, 2.75) is 37.8 Å². The van der Waals surface area contributed by atoms with Gasteiger partial charge in [-0.15, -0.1) is 0 Å². The number of carbonyl (C=O) groups excluding carboxylic acids is 2. The summed E-state index contributed by atoms with van der Waals surface area (Å²) in [5, 5.41) is 14.5. The number of nitrogens with one attached hydrogen (secondary N) is 2. The van der Waals surface area contributed by atoms with Gasteiger partial charge < -0.3 is 21.5 Å². The van der Waals surface area contributed by atoms with Gasteiger partial charge in [-0.05, 0) is 49.8 Å². The van der Waals surface area contributed by atoms with E-state index < -0.39 is 12.0 Å². The van der Waals surface area contributed by atoms with Crippen molar-refractivity contribution in [3.8, 4) is 0 Å². The van der Waals surface area contributed by atoms with Crippen molar-refractivity contribution in [1.29, 1.82) is 0 Å². The lowest BCUT2D eigenvalue weighted by Crippen LogP contribution is -2.55. The third-order valence-electron chi connectivity index (χ3n) is 4.89. The molecular formula is C18H24N4O4. The molecule has 1 aromatic carbocycles. The fourth-order valence-electron chi connectivity index (χ4n) is 3.30. The standard InChI is InChI=1S/C18H24N4O4/c19-18(26)21-13-3-1-2-12(6-13)17(25)20-14-7-15(8-14)22(10-16(23)24)9-11-4-5-11/h1-3,6,11,14-15H,4-5,7-10H2,(H,20,25)(H,23,24)(H3,19,21,26). The van der Waals surface area contributed by atoms with Crippen LogP contribution in [0.4, 0.5) is 10.5 Å². The van der Waals surface area contributed by atoms with Crippen molar-refractivity contribution in [2.24, 2.45) is 11.7 Å². The number of carboxylic acid groups (broad SMARTS) is 1. The number of anilines is 1. The van der Waals surface area contributed by atoms with Gasteiger partial charge in [0, 0.05) is 29.9 Å². The van der Waals surface area contributed by atoms with Crippen molar-refractivity contribution >= 4 is 23.6 Å². The molecule has 26 heavy (non-hydrogen) atoms. The normalized spacial score (nSPS) is 21.7. The highest BCUT2D eigenvalue weighted by molar-refractivity contribution is 5.96. The van der Waals surface area contributed by atoms with E-state index in [2.05, 4.69) is 10.6 Å². The molecule has 0 aliphatic heterocycles. The van der Waals surface area contributed by atoms with E-state index in [1.165, 1.54) is 12.8 Å². The minimum Gasteiger partial charge on any atom is -0.480 e. The fourth-order valence-corrected chi connectivity index (χ4v) is 3.30. The van der Waals surface area contributed by atoms with Gasteiger partial charge in [0.1, 0.15) is 0 Å². The van der Waals surface area contributed by atoms with Gasteiger partial charge >= 0.3 is 12.0 Å². The van der Waals surface area contributed by atoms with Crippen LogP contribution in [0.5, 0.6) is 0 Å². The molecule has 8 heteroatoms. The average Bonchev–Trinajstić information content (AvgIpc) is 3.32. The Bertz CT molecular complexity index is 698. The predicted octanol–water partition coefficient (Wildman–Crippen LogP) is 1.23. The molecule has 2 aliphatic rings. The molecule has 2 fully saturated rings. The van der Waals surface area contributed by atoms with E-state index in [1.54, 1.807) is 24.3 Å². The molecule has 0 unspecified atom stereocenters. The summed E-state index contributed by atoms with van der Waals surface area (Å²) < 4.78 is 0. The van der Waals surface area contributed by atoms with E-state index in [0.717, 1.165) is 19.4 Å². The van der Waals surface area contributed by atoms with Crippen LogP contribution in [-0.4, -0.2) is 53.1 Å². The van der Waals surface area contributed by atoms with Gasteiger partial charge in [-0.25, -0.2) is 4.79 Å². The highest BCUT2D eigenvalue weighted by Gasteiger charge is 2.37. The van der Waals surface area contributed by atoms with Crippen LogP contribution in [0.15, 0.2) is 24.3 Å². The van der Waals surface area contributed by atoms with E-state index in [9.17, 15) is 14.4 Å². The maximum Gasteiger partial charge on any atom is 0.317 e. The van der Waals surface area contributed by atoms with Crippen molar-refractivity contribution in [1.82, 2.24) is 10.2 Å². The van der Waals surface area contributed by atoms with Crippen LogP contribution >= 0.6 is 0 Å². The lowest BCUT2D eigenvalue weighted by Gasteiger charge is -2.42. The van der Waals surface area contributed by atoms with Gasteiger partial charge in [0.05, 0.1) is 6.54 Å². The van der Waals surface area contributed by atoms with Crippen molar-refractivity contribution in [3.05, 3.63) is 29.8 Å². The van der Waals surface area contributed by atoms with Gasteiger partial charge in [0.15, 0.2) is 0 Å². The second kappa shape index (κ2) is 7.74. The van der Waals surface area contributed by atoms with Gasteiger partial charge in [0.25, 0.3) is 5.91 Å². The molecular weight excluding hydrogens is 336 g/mol. The Balaban J connectivity index is 1.50. The van der Waals surface area contributed by atoms with Crippen LogP contribution in [0.3, 0.4) is 0 Å². The fraction of sp³-hybridized carbons (Fsp3) is 0.500. The first-order valence-corrected chi connectivity index (χ1v) is 8.84. The minimum absolute atomic E-state index is 0.0377. The maximum absolute atomic E-state index is 12.4. The summed E-state index contributed by atoms with van der Waals surface area (Å²) in [6, 6.07) is 6.13. The molecule has 2 saturated carbocycles. The minimum atomic E-state index is -0.808. The molecule has 0 radical (unpaired) electrons. The number of nitrogens with two attached hydrogens (primary N) is 1. The van der Waals surface area contributed by atoms with Crippen molar-refractivity contribution in [2.75, 3.05) is 18.4 Å². The summed E-state index contributed by atoms with van der Waals surface area (Å²) in [4.78, 5) is 36.4. The molecule has 1 aromatic rings. The van der Waals surface area contributed by atoms with Gasteiger partial charge in [0.2, 0.25) is 0 Å². The number of nitrogens with zero attached hydrogens (tertiary/aromatic N) is 1. The Hall–Kier alpha value is -2.61. The van der Waals surface area contributed by atoms with Crippen LogP contribution in [-0.2, 0) is 4.79 Å². The summed E-state index contributed by atoms with van der Waals surface area (Å²) in [5.74, 6) is -0.395. The smallest absolute Gasteiger partial charge is 0.317 e. The average molecular weight is 360 g/mol. The summed E-state index contributed by atoms with van der Waals surface area (Å²) in [7, 11) is 0. The van der Waals surface area contributed by atoms with Crippen LogP contribution in [0.2, 0.25) is 0 Å². The van der Waals surface area contributed by atoms with Crippen LogP contribution in [0.1, 0.15) is 36.0 Å². The number of carboxylic acids is 1. The monoisotopic (exact) mass is 360 g/mol. The van der Waals surface area contributed by atoms with Crippen LogP contribution < -0.4 is 16.4 Å². The molecule has 2 aliphatic carbocycles. The number of hydrogen-bond donors (Lipinski definition) is 4. The molecule has 140 valence electrons. The summed E-state index contributed by atoms with van der Waals surface area (Å²) >= 11 is 0. The molecule has 0 heterocycles. The zero-order valence-electron chi connectivity index (χ0n) is 14.5. The quantitative estimate of drug-likeness (QED) is 0.555. The molecule has 5 N–H and O–H groups in total. The number of carbonyl (C=O) groups is 3. The molecule has 0 atom stereocenters. The Morgan fingerprint density at radius 2 is 1.96 bits per heavy atom. The zero-order valence-corrected chi connectivity index (χ0v) is 14.5. The Labute approximate surface area is 151 Å². The van der Waals surface area contributed by atoms with E-state index in [-0.39, 0.29) is 24.5 Å². The van der Waals surface area contributed by atoms with Crippen molar-refractivity contribution < 1.29 is 19.5 Å². The second-order valence-electron chi connectivity index (χ2n) is 7.13. The number of benzene rings is 1. The molecule has 8 nitrogen and oxygen atoms in total. The van der Waals surface area contributed by atoms with Gasteiger partial charge in [-0.2, -0.15) is 0 Å². The van der Waals surface area contributed by atoms with E-state index in [1.807, 2.05) is 4.90 Å². The number of urea groups is 1. The largest absolute Gasteiger partial charge is 0.480 e. The van der Waals surface area contributed by atoms with Gasteiger partial charge in [-0.1, -0.05) is 6.07 Å². The Morgan fingerprint density at radius 3 is 2.58 bits per heavy atom. The predicted molar refractivity (Wildman–Crippen MR) is 95.9 cm³/mol. The molecule has 0 aromatic heterocycles. The summed E-state index contributed by atoms with van der Waals surface area (Å²) in [5.41, 5.74) is 5.99. The second-order valence-corrected chi connectivity index (χ2v) is 7.13. The number of primary amides is 1. The third-order valence-corrected chi connectivity index (χ3v) is 4.89. The Morgan fingerprint density at radius 1 is 1.23 bits per heavy atom. The van der Waals surface area contributed by atoms with Crippen LogP contribution in [0.25, 0.3) is 0 Å². The maximum atomic E-state index is 12.4. The number of rotatable bonds is 8. The molecule has 0 spiro atoms. The number of aliphatic carboxylic acids is 1. The zero-order chi connectivity index (χ0) is 18.7. The van der Waals surface area contributed by atoms with Crippen LogP contribution in [0, 0.1) is 5.92 Å². The van der Waals surface area contributed by atoms with Crippen molar-refractivity contribution in [3.63, 3.8) is 0 Å². The van der Waals surface area contributed by atoms with E-state index >= 15 is 0 Å². The van der Waals surface area contributed by atoms with Gasteiger partial charge in [-0.3, -0.25) is 14.5 Å². The lowest BCUT2D eigenvalue weighted by molar-refractivity contribution is -0.139. The third kappa shape index (κ3) is 4.95. The summed E-state index contributed by atoms with van der Waals surface area (Å²) in [6.45, 7) is 0.890. The van der Waals surface area contributed by atoms with E-state index in [0.29, 0.717) is 17.2 Å². The first-order chi connectivity index (χ1) is 12.4.